The van der Waals surface area contributed by atoms with Crippen LogP contribution in [0.1, 0.15) is 6.42 Å². The van der Waals surface area contributed by atoms with Crippen molar-refractivity contribution >= 4 is 43.2 Å². The molecule has 1 heterocycles. The fraction of sp³-hybridized carbons (Fsp3) is 0.455. The van der Waals surface area contributed by atoms with Crippen molar-refractivity contribution in [3.05, 3.63) is 23.2 Å². The number of rotatable bonds is 4. The monoisotopic (exact) mass is 353 g/mol. The Bertz CT molecular complexity index is 747. The Labute approximate surface area is 129 Å². The summed E-state index contributed by atoms with van der Waals surface area (Å²) in [6, 6.07) is 4.38. The minimum atomic E-state index is -3.66. The van der Waals surface area contributed by atoms with Crippen molar-refractivity contribution in [3.8, 4) is 0 Å². The number of halogens is 1. The van der Waals surface area contributed by atoms with Crippen molar-refractivity contribution in [1.82, 2.24) is 4.31 Å². The first-order valence-corrected chi connectivity index (χ1v) is 9.56. The van der Waals surface area contributed by atoms with E-state index in [-0.39, 0.29) is 22.2 Å². The van der Waals surface area contributed by atoms with Gasteiger partial charge in [-0.05, 0) is 24.6 Å². The molecule has 0 spiro atoms. The molecule has 118 valence electrons. The molecule has 1 aliphatic heterocycles. The number of hydrogen-bond acceptors (Lipinski definition) is 4. The summed E-state index contributed by atoms with van der Waals surface area (Å²) >= 11 is 6.04. The van der Waals surface area contributed by atoms with Crippen LogP contribution >= 0.6 is 11.6 Å². The second kappa shape index (κ2) is 5.64. The number of benzene rings is 1. The van der Waals surface area contributed by atoms with E-state index in [1.54, 1.807) is 0 Å². The van der Waals surface area contributed by atoms with Gasteiger partial charge in [-0.15, -0.1) is 0 Å². The zero-order valence-electron chi connectivity index (χ0n) is 11.6. The van der Waals surface area contributed by atoms with Crippen LogP contribution in [0, 0.1) is 0 Å². The second-order valence-electron chi connectivity index (χ2n) is 4.80. The average Bonchev–Trinajstić information content (AvgIpc) is 2.71. The molecule has 10 heteroatoms. The van der Waals surface area contributed by atoms with E-state index in [0.717, 1.165) is 4.31 Å². The minimum Gasteiger partial charge on any atom is -0.271 e. The highest BCUT2D eigenvalue weighted by molar-refractivity contribution is 7.93. The molecule has 1 fully saturated rings. The predicted octanol–water partition coefficient (Wildman–Crippen LogP) is 1.10. The van der Waals surface area contributed by atoms with Gasteiger partial charge in [0.2, 0.25) is 10.0 Å². The van der Waals surface area contributed by atoms with E-state index in [1.165, 1.54) is 36.6 Å². The van der Waals surface area contributed by atoms with Gasteiger partial charge < -0.3 is 0 Å². The van der Waals surface area contributed by atoms with E-state index in [2.05, 4.69) is 4.72 Å². The van der Waals surface area contributed by atoms with Gasteiger partial charge in [0, 0.05) is 20.6 Å². The van der Waals surface area contributed by atoms with Crippen molar-refractivity contribution in [2.45, 2.75) is 6.42 Å². The number of anilines is 2. The molecule has 0 aromatic heterocycles. The molecule has 0 amide bonds. The summed E-state index contributed by atoms with van der Waals surface area (Å²) in [5.74, 6) is 0.0664. The summed E-state index contributed by atoms with van der Waals surface area (Å²) in [6.45, 7) is 0.339. The Hall–Kier alpha value is -1.03. The Morgan fingerprint density at radius 2 is 2.00 bits per heavy atom. The van der Waals surface area contributed by atoms with Gasteiger partial charge in [0.15, 0.2) is 0 Å². The van der Waals surface area contributed by atoms with Crippen molar-refractivity contribution in [3.63, 3.8) is 0 Å². The molecular formula is C11H16ClN3O4S2. The molecule has 2 rings (SSSR count). The summed E-state index contributed by atoms with van der Waals surface area (Å²) in [7, 11) is -4.25. The first-order chi connectivity index (χ1) is 9.63. The molecule has 0 atom stereocenters. The Balaban J connectivity index is 2.39. The molecule has 0 bridgehead atoms. The van der Waals surface area contributed by atoms with Crippen LogP contribution < -0.4 is 9.03 Å². The lowest BCUT2D eigenvalue weighted by Crippen LogP contribution is -2.29. The molecule has 0 unspecified atom stereocenters. The number of hydrogen-bond donors (Lipinski definition) is 1. The molecule has 0 aliphatic carbocycles. The van der Waals surface area contributed by atoms with Gasteiger partial charge in [-0.3, -0.25) is 9.03 Å². The lowest BCUT2D eigenvalue weighted by molar-refractivity contribution is 0.527. The molecule has 0 radical (unpaired) electrons. The van der Waals surface area contributed by atoms with Crippen molar-refractivity contribution in [2.24, 2.45) is 0 Å². The molecule has 1 saturated heterocycles. The van der Waals surface area contributed by atoms with E-state index in [4.69, 9.17) is 11.6 Å². The number of nitrogens with zero attached hydrogens (tertiary/aromatic N) is 2. The predicted molar refractivity (Wildman–Crippen MR) is 83.4 cm³/mol. The van der Waals surface area contributed by atoms with E-state index in [0.29, 0.717) is 13.0 Å². The van der Waals surface area contributed by atoms with Crippen LogP contribution in [-0.2, 0) is 20.2 Å². The number of nitrogens with one attached hydrogen (secondary N) is 1. The molecule has 7 nitrogen and oxygen atoms in total. The highest BCUT2D eigenvalue weighted by Crippen LogP contribution is 2.33. The molecule has 1 aromatic carbocycles. The Morgan fingerprint density at radius 1 is 1.33 bits per heavy atom. The van der Waals surface area contributed by atoms with Crippen LogP contribution in [0.15, 0.2) is 18.2 Å². The van der Waals surface area contributed by atoms with Gasteiger partial charge in [0.1, 0.15) is 0 Å². The maximum Gasteiger partial charge on any atom is 0.301 e. The molecule has 1 aliphatic rings. The second-order valence-corrected chi connectivity index (χ2v) is 9.10. The van der Waals surface area contributed by atoms with E-state index in [1.807, 2.05) is 0 Å². The van der Waals surface area contributed by atoms with Gasteiger partial charge in [-0.2, -0.15) is 12.7 Å². The SMILES string of the molecule is CN(C)S(=O)(=O)Nc1ccc(Cl)c(N2CCCS2(=O)=O)c1. The average molecular weight is 354 g/mol. The zero-order chi connectivity index (χ0) is 15.8. The molecule has 1 N–H and O–H groups in total. The number of sulfonamides is 1. The summed E-state index contributed by atoms with van der Waals surface area (Å²) in [5, 5.41) is 0.258. The largest absolute Gasteiger partial charge is 0.301 e. The van der Waals surface area contributed by atoms with E-state index >= 15 is 0 Å². The maximum absolute atomic E-state index is 11.9. The topological polar surface area (TPSA) is 86.8 Å². The highest BCUT2D eigenvalue weighted by atomic mass is 35.5. The summed E-state index contributed by atoms with van der Waals surface area (Å²) in [5.41, 5.74) is 0.540. The van der Waals surface area contributed by atoms with Crippen LogP contribution in [-0.4, -0.2) is 47.5 Å². The normalized spacial score (nSPS) is 18.2. The lowest BCUT2D eigenvalue weighted by Gasteiger charge is -2.20. The van der Waals surface area contributed by atoms with Gasteiger partial charge in [-0.1, -0.05) is 11.6 Å². The van der Waals surface area contributed by atoms with Crippen LogP contribution in [0.25, 0.3) is 0 Å². The van der Waals surface area contributed by atoms with Crippen LogP contribution in [0.2, 0.25) is 5.02 Å². The quantitative estimate of drug-likeness (QED) is 0.878. The van der Waals surface area contributed by atoms with E-state index < -0.39 is 20.2 Å². The maximum atomic E-state index is 11.9. The van der Waals surface area contributed by atoms with Gasteiger partial charge in [0.25, 0.3) is 0 Å². The fourth-order valence-electron chi connectivity index (χ4n) is 1.92. The molecule has 1 aromatic rings. The summed E-state index contributed by atoms with van der Waals surface area (Å²) < 4.78 is 52.1. The first-order valence-electron chi connectivity index (χ1n) is 6.14. The smallest absolute Gasteiger partial charge is 0.271 e. The summed E-state index contributed by atoms with van der Waals surface area (Å²) in [6.07, 6.45) is 0.520. The van der Waals surface area contributed by atoms with Crippen molar-refractivity contribution in [1.29, 1.82) is 0 Å². The van der Waals surface area contributed by atoms with Crippen LogP contribution in [0.5, 0.6) is 0 Å². The molecule has 0 saturated carbocycles. The van der Waals surface area contributed by atoms with Gasteiger partial charge in [-0.25, -0.2) is 8.42 Å². The standard InChI is InChI=1S/C11H16ClN3O4S2/c1-14(2)21(18,19)13-9-4-5-10(12)11(8-9)15-6-3-7-20(15,16)17/h4-5,8,13H,3,6-7H2,1-2H3. The zero-order valence-corrected chi connectivity index (χ0v) is 14.0. The summed E-state index contributed by atoms with van der Waals surface area (Å²) in [4.78, 5) is 0. The third kappa shape index (κ3) is 3.42. The third-order valence-electron chi connectivity index (χ3n) is 3.04. The van der Waals surface area contributed by atoms with Crippen LogP contribution in [0.4, 0.5) is 11.4 Å². The van der Waals surface area contributed by atoms with Crippen LogP contribution in [0.3, 0.4) is 0 Å². The van der Waals surface area contributed by atoms with Gasteiger partial charge in [0.05, 0.1) is 22.2 Å². The Morgan fingerprint density at radius 3 is 2.52 bits per heavy atom. The first kappa shape index (κ1) is 16.3. The molecular weight excluding hydrogens is 338 g/mol. The Kier molecular flexibility index (Phi) is 4.39. The van der Waals surface area contributed by atoms with Crippen molar-refractivity contribution in [2.75, 3.05) is 35.4 Å². The van der Waals surface area contributed by atoms with Crippen molar-refractivity contribution < 1.29 is 16.8 Å². The fourth-order valence-corrected chi connectivity index (χ4v) is 4.37. The highest BCUT2D eigenvalue weighted by Gasteiger charge is 2.30. The lowest BCUT2D eigenvalue weighted by atomic mass is 10.3. The molecule has 21 heavy (non-hydrogen) atoms. The minimum absolute atomic E-state index is 0.0664. The van der Waals surface area contributed by atoms with E-state index in [9.17, 15) is 16.8 Å². The van der Waals surface area contributed by atoms with Gasteiger partial charge >= 0.3 is 10.2 Å². The third-order valence-corrected chi connectivity index (χ3v) is 6.67.